The number of fused-ring (bicyclic) bond motifs is 1. The normalized spacial score (nSPS) is 26.2. The van der Waals surface area contributed by atoms with Gasteiger partial charge in [-0.25, -0.2) is 0 Å². The molecular formula is C18H28N2O. The molecule has 2 aliphatic heterocycles. The summed E-state index contributed by atoms with van der Waals surface area (Å²) in [7, 11) is 0. The Morgan fingerprint density at radius 1 is 1.29 bits per heavy atom. The minimum Gasteiger partial charge on any atom is -0.494 e. The molecule has 0 amide bonds. The second kappa shape index (κ2) is 6.27. The zero-order chi connectivity index (χ0) is 14.8. The summed E-state index contributed by atoms with van der Waals surface area (Å²) in [5.41, 5.74) is 1.33. The lowest BCUT2D eigenvalue weighted by molar-refractivity contribution is 0.176. The third-order valence-corrected chi connectivity index (χ3v) is 4.96. The highest BCUT2D eigenvalue weighted by Crippen LogP contribution is 2.32. The Bertz CT molecular complexity index is 474. The van der Waals surface area contributed by atoms with Crippen LogP contribution in [0, 0.1) is 5.92 Å². The van der Waals surface area contributed by atoms with Crippen molar-refractivity contribution in [3.63, 3.8) is 0 Å². The van der Waals surface area contributed by atoms with Crippen LogP contribution in [0.25, 0.3) is 0 Å². The Labute approximate surface area is 128 Å². The van der Waals surface area contributed by atoms with Crippen LogP contribution < -0.4 is 9.64 Å². The molecule has 0 aromatic heterocycles. The molecular weight excluding hydrogens is 260 g/mol. The van der Waals surface area contributed by atoms with Gasteiger partial charge < -0.3 is 9.64 Å². The van der Waals surface area contributed by atoms with Crippen molar-refractivity contribution in [1.29, 1.82) is 0 Å². The number of ether oxygens (including phenoxy) is 1. The van der Waals surface area contributed by atoms with E-state index in [0.717, 1.165) is 18.4 Å². The first-order valence-corrected chi connectivity index (χ1v) is 8.42. The van der Waals surface area contributed by atoms with Crippen LogP contribution >= 0.6 is 0 Å². The van der Waals surface area contributed by atoms with E-state index in [9.17, 15) is 0 Å². The van der Waals surface area contributed by atoms with Gasteiger partial charge in [0.25, 0.3) is 0 Å². The largest absolute Gasteiger partial charge is 0.494 e. The summed E-state index contributed by atoms with van der Waals surface area (Å²) in [6, 6.07) is 9.99. The standard InChI is InChI=1S/C18H28N2O/c1-4-21-17-9-5-7-15(11-17)20-12-16-8-6-10-19(16)13-18(20)14(2)3/h5,7,9,11,14,16,18H,4,6,8,10,12-13H2,1-3H3. The van der Waals surface area contributed by atoms with Gasteiger partial charge in [0.05, 0.1) is 6.61 Å². The molecule has 2 fully saturated rings. The van der Waals surface area contributed by atoms with Gasteiger partial charge in [-0.05, 0) is 44.4 Å². The molecule has 0 bridgehead atoms. The quantitative estimate of drug-likeness (QED) is 0.844. The van der Waals surface area contributed by atoms with E-state index in [1.54, 1.807) is 0 Å². The Morgan fingerprint density at radius 3 is 2.90 bits per heavy atom. The van der Waals surface area contributed by atoms with Crippen LogP contribution in [0.2, 0.25) is 0 Å². The number of hydrogen-bond donors (Lipinski definition) is 0. The molecule has 0 saturated carbocycles. The van der Waals surface area contributed by atoms with Gasteiger partial charge in [0, 0.05) is 36.9 Å². The first-order chi connectivity index (χ1) is 10.2. The zero-order valence-electron chi connectivity index (χ0n) is 13.6. The highest BCUT2D eigenvalue weighted by molar-refractivity contribution is 5.52. The maximum Gasteiger partial charge on any atom is 0.121 e. The smallest absolute Gasteiger partial charge is 0.121 e. The summed E-state index contributed by atoms with van der Waals surface area (Å²) in [5, 5.41) is 0. The van der Waals surface area contributed by atoms with E-state index in [4.69, 9.17) is 4.74 Å². The summed E-state index contributed by atoms with van der Waals surface area (Å²) < 4.78 is 5.68. The highest BCUT2D eigenvalue weighted by atomic mass is 16.5. The van der Waals surface area contributed by atoms with E-state index in [1.165, 1.54) is 38.2 Å². The van der Waals surface area contributed by atoms with E-state index in [2.05, 4.69) is 47.9 Å². The molecule has 2 unspecified atom stereocenters. The lowest BCUT2D eigenvalue weighted by atomic mass is 9.96. The van der Waals surface area contributed by atoms with Gasteiger partial charge in [-0.3, -0.25) is 4.90 Å². The number of piperazine rings is 1. The van der Waals surface area contributed by atoms with Crippen molar-refractivity contribution in [2.45, 2.75) is 45.7 Å². The fourth-order valence-electron chi connectivity index (χ4n) is 3.83. The molecule has 0 aliphatic carbocycles. The number of rotatable bonds is 4. The molecule has 0 spiro atoms. The van der Waals surface area contributed by atoms with Gasteiger partial charge in [0.15, 0.2) is 0 Å². The molecule has 2 aliphatic rings. The molecule has 3 rings (SSSR count). The fraction of sp³-hybridized carbons (Fsp3) is 0.667. The maximum absolute atomic E-state index is 5.68. The molecule has 0 radical (unpaired) electrons. The van der Waals surface area contributed by atoms with Crippen molar-refractivity contribution in [2.75, 3.05) is 31.1 Å². The second-order valence-corrected chi connectivity index (χ2v) is 6.69. The van der Waals surface area contributed by atoms with E-state index in [0.29, 0.717) is 12.0 Å². The van der Waals surface area contributed by atoms with Gasteiger partial charge in [-0.2, -0.15) is 0 Å². The van der Waals surface area contributed by atoms with Crippen molar-refractivity contribution in [3.05, 3.63) is 24.3 Å². The Morgan fingerprint density at radius 2 is 2.14 bits per heavy atom. The Hall–Kier alpha value is -1.22. The first-order valence-electron chi connectivity index (χ1n) is 8.42. The minimum atomic E-state index is 0.608. The molecule has 1 aromatic rings. The zero-order valence-corrected chi connectivity index (χ0v) is 13.6. The van der Waals surface area contributed by atoms with Crippen LogP contribution in [0.3, 0.4) is 0 Å². The molecule has 2 heterocycles. The topological polar surface area (TPSA) is 15.7 Å². The molecule has 2 saturated heterocycles. The lowest BCUT2D eigenvalue weighted by Crippen LogP contribution is -2.58. The molecule has 21 heavy (non-hydrogen) atoms. The van der Waals surface area contributed by atoms with Crippen LogP contribution in [-0.2, 0) is 0 Å². The average molecular weight is 288 g/mol. The fourth-order valence-corrected chi connectivity index (χ4v) is 3.83. The van der Waals surface area contributed by atoms with Crippen LogP contribution in [-0.4, -0.2) is 43.2 Å². The highest BCUT2D eigenvalue weighted by Gasteiger charge is 2.37. The number of nitrogens with zero attached hydrogens (tertiary/aromatic N) is 2. The van der Waals surface area contributed by atoms with Crippen molar-refractivity contribution in [2.24, 2.45) is 5.92 Å². The SMILES string of the molecule is CCOc1cccc(N2CC3CCCN3CC2C(C)C)c1. The van der Waals surface area contributed by atoms with Gasteiger partial charge in [0.1, 0.15) is 5.75 Å². The average Bonchev–Trinajstić information content (AvgIpc) is 2.94. The molecule has 2 atom stereocenters. The summed E-state index contributed by atoms with van der Waals surface area (Å²) in [5.74, 6) is 1.66. The monoisotopic (exact) mass is 288 g/mol. The second-order valence-electron chi connectivity index (χ2n) is 6.69. The number of hydrogen-bond acceptors (Lipinski definition) is 3. The van der Waals surface area contributed by atoms with E-state index in [1.807, 2.05) is 6.92 Å². The van der Waals surface area contributed by atoms with Crippen molar-refractivity contribution in [1.82, 2.24) is 4.90 Å². The van der Waals surface area contributed by atoms with Gasteiger partial charge in [-0.1, -0.05) is 19.9 Å². The number of benzene rings is 1. The van der Waals surface area contributed by atoms with E-state index in [-0.39, 0.29) is 0 Å². The molecule has 3 nitrogen and oxygen atoms in total. The summed E-state index contributed by atoms with van der Waals surface area (Å²) in [6.07, 6.45) is 2.72. The molecule has 0 N–H and O–H groups in total. The van der Waals surface area contributed by atoms with Crippen molar-refractivity contribution >= 4 is 5.69 Å². The predicted octanol–water partition coefficient (Wildman–Crippen LogP) is 3.39. The van der Waals surface area contributed by atoms with Crippen LogP contribution in [0.4, 0.5) is 5.69 Å². The molecule has 3 heteroatoms. The third-order valence-electron chi connectivity index (χ3n) is 4.96. The van der Waals surface area contributed by atoms with Gasteiger partial charge in [0.2, 0.25) is 0 Å². The summed E-state index contributed by atoms with van der Waals surface area (Å²) >= 11 is 0. The molecule has 1 aromatic carbocycles. The Kier molecular flexibility index (Phi) is 4.39. The van der Waals surface area contributed by atoms with Gasteiger partial charge >= 0.3 is 0 Å². The number of anilines is 1. The van der Waals surface area contributed by atoms with Crippen LogP contribution in [0.15, 0.2) is 24.3 Å². The van der Waals surface area contributed by atoms with Crippen LogP contribution in [0.1, 0.15) is 33.6 Å². The molecule has 116 valence electrons. The predicted molar refractivity (Wildman–Crippen MR) is 88.2 cm³/mol. The van der Waals surface area contributed by atoms with Crippen molar-refractivity contribution < 1.29 is 4.74 Å². The Balaban J connectivity index is 1.84. The first kappa shape index (κ1) is 14.7. The summed E-state index contributed by atoms with van der Waals surface area (Å²) in [6.45, 7) is 11.1. The summed E-state index contributed by atoms with van der Waals surface area (Å²) in [4.78, 5) is 5.33. The lowest BCUT2D eigenvalue weighted by Gasteiger charge is -2.46. The van der Waals surface area contributed by atoms with E-state index >= 15 is 0 Å². The third kappa shape index (κ3) is 3.03. The van der Waals surface area contributed by atoms with Gasteiger partial charge in [-0.15, -0.1) is 0 Å². The van der Waals surface area contributed by atoms with E-state index < -0.39 is 0 Å². The minimum absolute atomic E-state index is 0.608. The maximum atomic E-state index is 5.68. The van der Waals surface area contributed by atoms with Crippen molar-refractivity contribution in [3.8, 4) is 5.75 Å². The van der Waals surface area contributed by atoms with Crippen LogP contribution in [0.5, 0.6) is 5.75 Å².